The van der Waals surface area contributed by atoms with Gasteiger partial charge in [0.15, 0.2) is 15.4 Å². The lowest BCUT2D eigenvalue weighted by atomic mass is 10.3. The number of halogens is 1. The van der Waals surface area contributed by atoms with Crippen LogP contribution in [0.5, 0.6) is 0 Å². The summed E-state index contributed by atoms with van der Waals surface area (Å²) in [6.07, 6.45) is 0.345. The molecule has 0 spiro atoms. The normalized spacial score (nSPS) is 17.3. The van der Waals surface area contributed by atoms with Crippen LogP contribution in [0.2, 0.25) is 5.02 Å². The molecule has 0 saturated carbocycles. The number of amides is 1. The fourth-order valence-corrected chi connectivity index (χ4v) is 5.24. The Morgan fingerprint density at radius 3 is 2.61 bits per heavy atom. The molecule has 0 aliphatic carbocycles. The zero-order valence-corrected chi connectivity index (χ0v) is 16.3. The van der Waals surface area contributed by atoms with E-state index in [4.69, 9.17) is 16.0 Å². The van der Waals surface area contributed by atoms with E-state index < -0.39 is 20.8 Å². The van der Waals surface area contributed by atoms with Crippen LogP contribution < -0.4 is 5.76 Å². The molecule has 1 amide bonds. The van der Waals surface area contributed by atoms with Crippen LogP contribution in [0.1, 0.15) is 6.42 Å². The molecule has 2 aromatic carbocycles. The van der Waals surface area contributed by atoms with Crippen LogP contribution in [-0.2, 0) is 21.2 Å². The van der Waals surface area contributed by atoms with Gasteiger partial charge in [-0.05, 0) is 42.8 Å². The maximum absolute atomic E-state index is 12.8. The van der Waals surface area contributed by atoms with E-state index in [1.165, 1.54) is 33.7 Å². The van der Waals surface area contributed by atoms with Crippen molar-refractivity contribution in [3.63, 3.8) is 0 Å². The molecule has 0 radical (unpaired) electrons. The number of benzene rings is 2. The second-order valence-corrected chi connectivity index (χ2v) is 9.34. The summed E-state index contributed by atoms with van der Waals surface area (Å²) in [7, 11) is -3.57. The largest absolute Gasteiger partial charge is 0.420 e. The van der Waals surface area contributed by atoms with Crippen LogP contribution in [0.3, 0.4) is 0 Å². The van der Waals surface area contributed by atoms with E-state index in [0.29, 0.717) is 29.1 Å². The van der Waals surface area contributed by atoms with Crippen molar-refractivity contribution in [2.24, 2.45) is 0 Å². The topological polar surface area (TPSA) is 89.6 Å². The van der Waals surface area contributed by atoms with Crippen LogP contribution >= 0.6 is 11.6 Å². The summed E-state index contributed by atoms with van der Waals surface area (Å²) in [6.45, 7) is 0.221. The third kappa shape index (κ3) is 3.33. The number of hydrogen-bond acceptors (Lipinski definition) is 5. The summed E-state index contributed by atoms with van der Waals surface area (Å²) in [5, 5.41) is -0.226. The quantitative estimate of drug-likeness (QED) is 0.646. The Morgan fingerprint density at radius 1 is 1.14 bits per heavy atom. The molecular formula is C19H17ClN2O5S. The smallest absolute Gasteiger partial charge is 0.408 e. The first kappa shape index (κ1) is 18.8. The Kier molecular flexibility index (Phi) is 4.76. The van der Waals surface area contributed by atoms with E-state index in [0.717, 1.165) is 0 Å². The van der Waals surface area contributed by atoms with Crippen LogP contribution in [0.25, 0.3) is 11.1 Å². The number of carbonyl (C=O) groups excluding carboxylic acids is 1. The third-order valence-corrected chi connectivity index (χ3v) is 7.39. The number of aromatic nitrogens is 1. The molecule has 4 rings (SSSR count). The highest BCUT2D eigenvalue weighted by Gasteiger charge is 2.36. The molecule has 28 heavy (non-hydrogen) atoms. The number of oxazole rings is 1. The maximum Gasteiger partial charge on any atom is 0.420 e. The van der Waals surface area contributed by atoms with Crippen molar-refractivity contribution in [1.29, 1.82) is 0 Å². The average Bonchev–Trinajstić information content (AvgIpc) is 3.28. The Labute approximate surface area is 166 Å². The van der Waals surface area contributed by atoms with Gasteiger partial charge in [-0.2, -0.15) is 0 Å². The van der Waals surface area contributed by atoms with E-state index in [9.17, 15) is 18.0 Å². The molecular weight excluding hydrogens is 404 g/mol. The first-order valence-corrected chi connectivity index (χ1v) is 10.6. The minimum absolute atomic E-state index is 0.0916. The summed E-state index contributed by atoms with van der Waals surface area (Å²) in [5.41, 5.74) is 0.940. The van der Waals surface area contributed by atoms with Crippen molar-refractivity contribution in [1.82, 2.24) is 9.47 Å². The first-order valence-electron chi connectivity index (χ1n) is 8.72. The van der Waals surface area contributed by atoms with Crippen molar-refractivity contribution in [3.8, 4) is 0 Å². The highest BCUT2D eigenvalue weighted by molar-refractivity contribution is 7.92. The molecule has 146 valence electrons. The Morgan fingerprint density at radius 2 is 1.86 bits per heavy atom. The lowest BCUT2D eigenvalue weighted by Gasteiger charge is -2.17. The monoisotopic (exact) mass is 420 g/mol. The maximum atomic E-state index is 12.8. The molecule has 0 N–H and O–H groups in total. The highest BCUT2D eigenvalue weighted by Crippen LogP contribution is 2.25. The number of nitrogens with zero attached hydrogens (tertiary/aromatic N) is 2. The fraction of sp³-hybridized carbons (Fsp3) is 0.263. The van der Waals surface area contributed by atoms with Gasteiger partial charge < -0.3 is 9.32 Å². The predicted molar refractivity (Wildman–Crippen MR) is 104 cm³/mol. The minimum Gasteiger partial charge on any atom is -0.408 e. The molecule has 1 aliphatic rings. The highest BCUT2D eigenvalue weighted by atomic mass is 35.5. The van der Waals surface area contributed by atoms with Crippen molar-refractivity contribution in [3.05, 3.63) is 64.1 Å². The van der Waals surface area contributed by atoms with Crippen molar-refractivity contribution in [2.75, 3.05) is 13.1 Å². The number of fused-ring (bicyclic) bond motifs is 1. The van der Waals surface area contributed by atoms with Crippen LogP contribution in [0, 0.1) is 0 Å². The number of rotatable bonds is 4. The van der Waals surface area contributed by atoms with Crippen molar-refractivity contribution >= 4 is 38.4 Å². The first-order chi connectivity index (χ1) is 13.4. The molecule has 1 atom stereocenters. The summed E-state index contributed by atoms with van der Waals surface area (Å²) < 4.78 is 32.0. The predicted octanol–water partition coefficient (Wildman–Crippen LogP) is 2.32. The molecule has 3 aromatic rings. The lowest BCUT2D eigenvalue weighted by molar-refractivity contribution is -0.130. The molecule has 1 aromatic heterocycles. The standard InChI is InChI=1S/C19H17ClN2O5S/c20-13-5-7-14(8-6-13)28(25,26)15-9-10-21(11-15)18(23)12-22-16-3-1-2-4-17(16)27-19(22)24/h1-8,15H,9-12H2. The van der Waals surface area contributed by atoms with Gasteiger partial charge in [-0.15, -0.1) is 0 Å². The SMILES string of the molecule is O=C(Cn1c(=O)oc2ccccc21)N1CCC(S(=O)(=O)c2ccc(Cl)cc2)C1. The van der Waals surface area contributed by atoms with E-state index in [1.54, 1.807) is 24.3 Å². The summed E-state index contributed by atoms with van der Waals surface area (Å²) in [6, 6.07) is 12.9. The van der Waals surface area contributed by atoms with E-state index in [-0.39, 0.29) is 23.9 Å². The molecule has 1 aliphatic heterocycles. The Bertz CT molecular complexity index is 1200. The molecule has 0 bridgehead atoms. The van der Waals surface area contributed by atoms with Gasteiger partial charge in [0.2, 0.25) is 5.91 Å². The van der Waals surface area contributed by atoms with Gasteiger partial charge in [-0.3, -0.25) is 9.36 Å². The molecule has 1 saturated heterocycles. The summed E-state index contributed by atoms with van der Waals surface area (Å²) in [4.78, 5) is 26.4. The molecule has 7 nitrogen and oxygen atoms in total. The number of para-hydroxylation sites is 2. The van der Waals surface area contributed by atoms with Crippen molar-refractivity contribution in [2.45, 2.75) is 23.1 Å². The van der Waals surface area contributed by atoms with E-state index in [1.807, 2.05) is 0 Å². The van der Waals surface area contributed by atoms with E-state index >= 15 is 0 Å². The minimum atomic E-state index is -3.57. The number of likely N-dealkylation sites (tertiary alicyclic amines) is 1. The molecule has 2 heterocycles. The third-order valence-electron chi connectivity index (χ3n) is 4.95. The zero-order chi connectivity index (χ0) is 19.9. The Hall–Kier alpha value is -2.58. The number of carbonyl (C=O) groups is 1. The van der Waals surface area contributed by atoms with Crippen LogP contribution in [0.4, 0.5) is 0 Å². The number of sulfone groups is 1. The van der Waals surface area contributed by atoms with Gasteiger partial charge in [0, 0.05) is 18.1 Å². The zero-order valence-electron chi connectivity index (χ0n) is 14.7. The average molecular weight is 421 g/mol. The summed E-state index contributed by atoms with van der Waals surface area (Å²) >= 11 is 5.82. The van der Waals surface area contributed by atoms with Crippen LogP contribution in [0.15, 0.2) is 62.6 Å². The molecule has 1 fully saturated rings. The van der Waals surface area contributed by atoms with Crippen LogP contribution in [-0.4, -0.2) is 42.1 Å². The van der Waals surface area contributed by atoms with E-state index in [2.05, 4.69) is 0 Å². The Balaban J connectivity index is 1.51. The fourth-order valence-electron chi connectivity index (χ4n) is 3.42. The van der Waals surface area contributed by atoms with Gasteiger partial charge in [0.1, 0.15) is 6.54 Å². The van der Waals surface area contributed by atoms with Crippen molar-refractivity contribution < 1.29 is 17.6 Å². The van der Waals surface area contributed by atoms with Gasteiger partial charge in [0.05, 0.1) is 15.7 Å². The lowest BCUT2D eigenvalue weighted by Crippen LogP contribution is -2.35. The second-order valence-electron chi connectivity index (χ2n) is 6.67. The van der Waals surface area contributed by atoms with Gasteiger partial charge >= 0.3 is 5.76 Å². The number of hydrogen-bond donors (Lipinski definition) is 0. The summed E-state index contributed by atoms with van der Waals surface area (Å²) in [5.74, 6) is -0.929. The van der Waals surface area contributed by atoms with Gasteiger partial charge in [0.25, 0.3) is 0 Å². The second kappa shape index (κ2) is 7.10. The van der Waals surface area contributed by atoms with Gasteiger partial charge in [-0.1, -0.05) is 23.7 Å². The molecule has 1 unspecified atom stereocenters. The molecule has 9 heteroatoms. The van der Waals surface area contributed by atoms with Gasteiger partial charge in [-0.25, -0.2) is 13.2 Å².